The van der Waals surface area contributed by atoms with Crippen molar-refractivity contribution in [2.45, 2.75) is 37.9 Å². The topological polar surface area (TPSA) is 40.5 Å². The summed E-state index contributed by atoms with van der Waals surface area (Å²) >= 11 is 1.82. The van der Waals surface area contributed by atoms with Gasteiger partial charge in [0.25, 0.3) is 0 Å². The summed E-state index contributed by atoms with van der Waals surface area (Å²) in [5.74, 6) is 2.65. The summed E-state index contributed by atoms with van der Waals surface area (Å²) in [5, 5.41) is 19.6. The summed E-state index contributed by atoms with van der Waals surface area (Å²) in [6.45, 7) is 0. The molecule has 0 aromatic rings. The van der Waals surface area contributed by atoms with Crippen LogP contribution in [-0.4, -0.2) is 33.9 Å². The van der Waals surface area contributed by atoms with Gasteiger partial charge >= 0.3 is 0 Å². The number of hydrogen-bond acceptors (Lipinski definition) is 3. The molecule has 2 aliphatic rings. The van der Waals surface area contributed by atoms with E-state index in [2.05, 4.69) is 0 Å². The first kappa shape index (κ1) is 9.81. The Hall–Kier alpha value is 0.270. The molecule has 1 aliphatic heterocycles. The quantitative estimate of drug-likeness (QED) is 0.672. The van der Waals surface area contributed by atoms with E-state index in [9.17, 15) is 10.2 Å². The number of aliphatic hydroxyl groups is 2. The van der Waals surface area contributed by atoms with Gasteiger partial charge in [0, 0.05) is 5.75 Å². The van der Waals surface area contributed by atoms with Gasteiger partial charge in [-0.3, -0.25) is 0 Å². The maximum atomic E-state index is 9.83. The molecule has 2 N–H and O–H groups in total. The maximum Gasteiger partial charge on any atom is 0.0670 e. The van der Waals surface area contributed by atoms with Crippen molar-refractivity contribution in [1.82, 2.24) is 0 Å². The van der Waals surface area contributed by atoms with Gasteiger partial charge in [0.05, 0.1) is 12.2 Å². The van der Waals surface area contributed by atoms with Gasteiger partial charge in [0.1, 0.15) is 0 Å². The highest BCUT2D eigenvalue weighted by Crippen LogP contribution is 2.38. The molecule has 13 heavy (non-hydrogen) atoms. The van der Waals surface area contributed by atoms with E-state index < -0.39 is 0 Å². The van der Waals surface area contributed by atoms with Gasteiger partial charge in [-0.2, -0.15) is 11.8 Å². The lowest BCUT2D eigenvalue weighted by Gasteiger charge is -2.33. The molecule has 76 valence electrons. The van der Waals surface area contributed by atoms with Crippen LogP contribution in [0.25, 0.3) is 0 Å². The predicted molar refractivity (Wildman–Crippen MR) is 54.8 cm³/mol. The highest BCUT2D eigenvalue weighted by Gasteiger charge is 2.37. The highest BCUT2D eigenvalue weighted by molar-refractivity contribution is 7.99. The third-order valence-corrected chi connectivity index (χ3v) is 4.62. The lowest BCUT2D eigenvalue weighted by atomic mass is 9.77. The first-order chi connectivity index (χ1) is 6.29. The Morgan fingerprint density at radius 1 is 0.846 bits per heavy atom. The first-order valence-corrected chi connectivity index (χ1v) is 6.38. The molecule has 1 aliphatic carbocycles. The minimum Gasteiger partial charge on any atom is -0.393 e. The molecule has 2 nitrogen and oxygen atoms in total. The van der Waals surface area contributed by atoms with E-state index in [1.807, 2.05) is 11.8 Å². The number of rotatable bonds is 1. The smallest absolute Gasteiger partial charge is 0.0670 e. The molecule has 0 bridgehead atoms. The van der Waals surface area contributed by atoms with Crippen LogP contribution in [0, 0.1) is 11.8 Å². The molecular formula is C10H18O2S. The standard InChI is InChI=1S/C10H18O2S/c11-9-4-2-1-3-7(9)8-5-13-6-10(8)12/h7-12H,1-6H2. The normalized spacial score (nSPS) is 46.6. The van der Waals surface area contributed by atoms with Crippen molar-refractivity contribution in [3.8, 4) is 0 Å². The summed E-state index contributed by atoms with van der Waals surface area (Å²) in [4.78, 5) is 0. The van der Waals surface area contributed by atoms with Crippen LogP contribution < -0.4 is 0 Å². The predicted octanol–water partition coefficient (Wildman–Crippen LogP) is 1.26. The zero-order valence-corrected chi connectivity index (χ0v) is 8.67. The second-order valence-corrected chi connectivity index (χ2v) is 5.36. The van der Waals surface area contributed by atoms with Crippen molar-refractivity contribution >= 4 is 11.8 Å². The Labute approximate surface area is 83.7 Å². The molecule has 2 rings (SSSR count). The van der Waals surface area contributed by atoms with E-state index >= 15 is 0 Å². The number of hydrogen-bond donors (Lipinski definition) is 2. The van der Waals surface area contributed by atoms with Crippen molar-refractivity contribution in [3.05, 3.63) is 0 Å². The molecule has 3 heteroatoms. The van der Waals surface area contributed by atoms with E-state index in [0.717, 1.165) is 30.8 Å². The Kier molecular flexibility index (Phi) is 3.17. The fourth-order valence-corrected chi connectivity index (χ4v) is 3.97. The number of aliphatic hydroxyl groups excluding tert-OH is 2. The molecular weight excluding hydrogens is 184 g/mol. The molecule has 1 saturated heterocycles. The van der Waals surface area contributed by atoms with Crippen LogP contribution in [-0.2, 0) is 0 Å². The summed E-state index contributed by atoms with van der Waals surface area (Å²) in [6, 6.07) is 0. The Balaban J connectivity index is 1.97. The second-order valence-electron chi connectivity index (χ2n) is 4.28. The maximum absolute atomic E-state index is 9.83. The fraction of sp³-hybridized carbons (Fsp3) is 1.00. The van der Waals surface area contributed by atoms with Crippen LogP contribution >= 0.6 is 11.8 Å². The zero-order valence-electron chi connectivity index (χ0n) is 7.85. The molecule has 1 heterocycles. The van der Waals surface area contributed by atoms with Crippen LogP contribution in [0.1, 0.15) is 25.7 Å². The summed E-state index contributed by atoms with van der Waals surface area (Å²) in [6.07, 6.45) is 4.14. The van der Waals surface area contributed by atoms with Crippen LogP contribution in [0.15, 0.2) is 0 Å². The van der Waals surface area contributed by atoms with Gasteiger partial charge < -0.3 is 10.2 Å². The summed E-state index contributed by atoms with van der Waals surface area (Å²) in [7, 11) is 0. The monoisotopic (exact) mass is 202 g/mol. The first-order valence-electron chi connectivity index (χ1n) is 5.23. The molecule has 2 fully saturated rings. The van der Waals surface area contributed by atoms with Gasteiger partial charge in [0.15, 0.2) is 0 Å². The van der Waals surface area contributed by atoms with Crippen molar-refractivity contribution in [3.63, 3.8) is 0 Å². The van der Waals surface area contributed by atoms with E-state index in [1.165, 1.54) is 6.42 Å². The molecule has 0 spiro atoms. The largest absolute Gasteiger partial charge is 0.393 e. The lowest BCUT2D eigenvalue weighted by Crippen LogP contribution is -2.36. The third kappa shape index (κ3) is 2.03. The Morgan fingerprint density at radius 2 is 1.62 bits per heavy atom. The van der Waals surface area contributed by atoms with Gasteiger partial charge in [-0.05, 0) is 30.4 Å². The van der Waals surface area contributed by atoms with E-state index in [-0.39, 0.29) is 12.2 Å². The minimum absolute atomic E-state index is 0.146. The van der Waals surface area contributed by atoms with Crippen molar-refractivity contribution in [1.29, 1.82) is 0 Å². The van der Waals surface area contributed by atoms with E-state index in [4.69, 9.17) is 0 Å². The Bertz CT molecular complexity index is 174. The Morgan fingerprint density at radius 3 is 2.23 bits per heavy atom. The van der Waals surface area contributed by atoms with Crippen molar-refractivity contribution < 1.29 is 10.2 Å². The fourth-order valence-electron chi connectivity index (χ4n) is 2.61. The molecule has 0 amide bonds. The summed E-state index contributed by atoms with van der Waals surface area (Å²) < 4.78 is 0. The minimum atomic E-state index is -0.164. The van der Waals surface area contributed by atoms with Gasteiger partial charge in [-0.25, -0.2) is 0 Å². The van der Waals surface area contributed by atoms with Crippen LogP contribution in [0.3, 0.4) is 0 Å². The molecule has 0 aromatic carbocycles. The molecule has 4 atom stereocenters. The SMILES string of the molecule is OC1CCCCC1C1CSCC1O. The third-order valence-electron chi connectivity index (χ3n) is 3.42. The average Bonchev–Trinajstić information content (AvgIpc) is 2.52. The van der Waals surface area contributed by atoms with Crippen LogP contribution in [0.4, 0.5) is 0 Å². The zero-order chi connectivity index (χ0) is 9.26. The second kappa shape index (κ2) is 4.20. The summed E-state index contributed by atoms with van der Waals surface area (Å²) in [5.41, 5.74) is 0. The van der Waals surface area contributed by atoms with E-state index in [0.29, 0.717) is 11.8 Å². The molecule has 0 aromatic heterocycles. The van der Waals surface area contributed by atoms with Crippen LogP contribution in [0.2, 0.25) is 0 Å². The van der Waals surface area contributed by atoms with Gasteiger partial charge in [0.2, 0.25) is 0 Å². The number of thioether (sulfide) groups is 1. The average molecular weight is 202 g/mol. The van der Waals surface area contributed by atoms with Crippen molar-refractivity contribution in [2.75, 3.05) is 11.5 Å². The van der Waals surface area contributed by atoms with Gasteiger partial charge in [-0.15, -0.1) is 0 Å². The molecule has 1 saturated carbocycles. The highest BCUT2D eigenvalue weighted by atomic mass is 32.2. The van der Waals surface area contributed by atoms with Crippen molar-refractivity contribution in [2.24, 2.45) is 11.8 Å². The lowest BCUT2D eigenvalue weighted by molar-refractivity contribution is 0.00538. The molecule has 4 unspecified atom stereocenters. The molecule has 0 radical (unpaired) electrons. The van der Waals surface area contributed by atoms with Gasteiger partial charge in [-0.1, -0.05) is 12.8 Å². The van der Waals surface area contributed by atoms with Crippen LogP contribution in [0.5, 0.6) is 0 Å². The van der Waals surface area contributed by atoms with E-state index in [1.54, 1.807) is 0 Å².